The lowest BCUT2D eigenvalue weighted by Crippen LogP contribution is -2.38. The number of nitrogens with zero attached hydrogens (tertiary/aromatic N) is 3. The van der Waals surface area contributed by atoms with Crippen molar-refractivity contribution in [3.05, 3.63) is 59.8 Å². The van der Waals surface area contributed by atoms with Crippen LogP contribution in [0.4, 0.5) is 11.4 Å². The number of aryl methyl sites for hydroxylation is 1. The fraction of sp³-hybridized carbons (Fsp3) is 0.346. The van der Waals surface area contributed by atoms with E-state index in [9.17, 15) is 10.1 Å². The van der Waals surface area contributed by atoms with Crippen molar-refractivity contribution in [2.24, 2.45) is 5.92 Å². The first-order chi connectivity index (χ1) is 15.6. The first-order valence-corrected chi connectivity index (χ1v) is 11.2. The van der Waals surface area contributed by atoms with Crippen LogP contribution in [-0.2, 0) is 11.2 Å². The average Bonchev–Trinajstić information content (AvgIpc) is 2.84. The number of piperidine rings is 1. The lowest BCUT2D eigenvalue weighted by molar-refractivity contribution is -0.120. The zero-order valence-electron chi connectivity index (χ0n) is 18.6. The summed E-state index contributed by atoms with van der Waals surface area (Å²) in [4.78, 5) is 19.5. The Labute approximate surface area is 188 Å². The summed E-state index contributed by atoms with van der Waals surface area (Å²) in [5.74, 6) is 0.781. The summed E-state index contributed by atoms with van der Waals surface area (Å²) < 4.78 is 5.67. The number of ether oxygens (including phenoxy) is 1. The maximum Gasteiger partial charge on any atom is 0.227 e. The van der Waals surface area contributed by atoms with Crippen molar-refractivity contribution in [2.75, 3.05) is 29.9 Å². The van der Waals surface area contributed by atoms with Crippen LogP contribution in [0, 0.1) is 17.2 Å². The lowest BCUT2D eigenvalue weighted by atomic mass is 9.94. The van der Waals surface area contributed by atoms with Gasteiger partial charge >= 0.3 is 0 Å². The van der Waals surface area contributed by atoms with E-state index >= 15 is 0 Å². The molecule has 0 bridgehead atoms. The Hall–Kier alpha value is -3.59. The molecule has 0 saturated carbocycles. The molecule has 1 aliphatic rings. The second-order valence-corrected chi connectivity index (χ2v) is 8.05. The van der Waals surface area contributed by atoms with Crippen LogP contribution in [0.2, 0.25) is 0 Å². The molecular formula is C26H28N4O2. The maximum atomic E-state index is 12.8. The van der Waals surface area contributed by atoms with Crippen LogP contribution < -0.4 is 15.0 Å². The van der Waals surface area contributed by atoms with E-state index in [0.29, 0.717) is 25.3 Å². The Morgan fingerprint density at radius 3 is 2.59 bits per heavy atom. The molecule has 0 radical (unpaired) electrons. The number of anilines is 2. The number of hydrogen-bond donors (Lipinski definition) is 1. The van der Waals surface area contributed by atoms with Gasteiger partial charge < -0.3 is 15.0 Å². The van der Waals surface area contributed by atoms with Crippen molar-refractivity contribution in [1.29, 1.82) is 5.26 Å². The standard InChI is InChI=1S/C26H28N4O2/c1-3-18-5-7-21(8-6-18)29-26(31)19-11-13-30(14-12-19)25-20(16-27)17-28-24-10-9-22(32-4-2)15-23(24)25/h5-10,15,17,19H,3-4,11-14H2,1-2H3,(H,29,31). The molecule has 32 heavy (non-hydrogen) atoms. The minimum absolute atomic E-state index is 0.0466. The highest BCUT2D eigenvalue weighted by Crippen LogP contribution is 2.34. The SMILES string of the molecule is CCOc1ccc2ncc(C#N)c(N3CCC(C(=O)Nc4ccc(CC)cc4)CC3)c2c1. The quantitative estimate of drug-likeness (QED) is 0.603. The lowest BCUT2D eigenvalue weighted by Gasteiger charge is -2.34. The molecule has 0 atom stereocenters. The van der Waals surface area contributed by atoms with Gasteiger partial charge in [-0.2, -0.15) is 5.26 Å². The molecule has 0 unspecified atom stereocenters. The summed E-state index contributed by atoms with van der Waals surface area (Å²) in [6.45, 7) is 6.05. The van der Waals surface area contributed by atoms with Crippen molar-refractivity contribution < 1.29 is 9.53 Å². The summed E-state index contributed by atoms with van der Waals surface area (Å²) in [6.07, 6.45) is 4.08. The number of benzene rings is 2. The molecule has 2 aromatic carbocycles. The van der Waals surface area contributed by atoms with Gasteiger partial charge in [0.2, 0.25) is 5.91 Å². The van der Waals surface area contributed by atoms with E-state index in [4.69, 9.17) is 4.74 Å². The Kier molecular flexibility index (Phi) is 6.55. The largest absolute Gasteiger partial charge is 0.494 e. The van der Waals surface area contributed by atoms with E-state index in [0.717, 1.165) is 47.3 Å². The maximum absolute atomic E-state index is 12.8. The second-order valence-electron chi connectivity index (χ2n) is 8.05. The third-order valence-corrected chi connectivity index (χ3v) is 6.05. The molecular weight excluding hydrogens is 400 g/mol. The van der Waals surface area contributed by atoms with Crippen LogP contribution in [0.3, 0.4) is 0 Å². The van der Waals surface area contributed by atoms with Gasteiger partial charge in [0.1, 0.15) is 11.8 Å². The molecule has 1 fully saturated rings. The van der Waals surface area contributed by atoms with E-state index in [1.165, 1.54) is 5.56 Å². The van der Waals surface area contributed by atoms with Crippen molar-refractivity contribution >= 4 is 28.2 Å². The number of carbonyl (C=O) groups is 1. The molecule has 0 spiro atoms. The minimum Gasteiger partial charge on any atom is -0.494 e. The van der Waals surface area contributed by atoms with Gasteiger partial charge in [0.15, 0.2) is 0 Å². The van der Waals surface area contributed by atoms with Crippen molar-refractivity contribution in [3.63, 3.8) is 0 Å². The summed E-state index contributed by atoms with van der Waals surface area (Å²) in [7, 11) is 0. The Bertz CT molecular complexity index is 1140. The first kappa shape index (κ1) is 21.6. The minimum atomic E-state index is -0.0466. The molecule has 1 aliphatic heterocycles. The van der Waals surface area contributed by atoms with Gasteiger partial charge in [-0.05, 0) is 62.1 Å². The molecule has 4 rings (SSSR count). The van der Waals surface area contributed by atoms with Gasteiger partial charge in [-0.15, -0.1) is 0 Å². The molecule has 0 aliphatic carbocycles. The number of nitriles is 1. The van der Waals surface area contributed by atoms with E-state index in [1.807, 2.05) is 49.4 Å². The fourth-order valence-corrected chi connectivity index (χ4v) is 4.27. The monoisotopic (exact) mass is 428 g/mol. The molecule has 6 heteroatoms. The number of carbonyl (C=O) groups excluding carboxylic acids is 1. The summed E-state index contributed by atoms with van der Waals surface area (Å²) in [6, 6.07) is 16.1. The third kappa shape index (κ3) is 4.52. The van der Waals surface area contributed by atoms with Crippen LogP contribution >= 0.6 is 0 Å². The van der Waals surface area contributed by atoms with Gasteiger partial charge in [-0.25, -0.2) is 0 Å². The highest BCUT2D eigenvalue weighted by Gasteiger charge is 2.27. The van der Waals surface area contributed by atoms with Crippen molar-refractivity contribution in [2.45, 2.75) is 33.1 Å². The number of rotatable bonds is 6. The zero-order chi connectivity index (χ0) is 22.5. The molecule has 6 nitrogen and oxygen atoms in total. The summed E-state index contributed by atoms with van der Waals surface area (Å²) in [5, 5.41) is 13.7. The molecule has 1 saturated heterocycles. The number of aromatic nitrogens is 1. The number of hydrogen-bond acceptors (Lipinski definition) is 5. The number of nitrogens with one attached hydrogen (secondary N) is 1. The van der Waals surface area contributed by atoms with E-state index in [2.05, 4.69) is 28.2 Å². The first-order valence-electron chi connectivity index (χ1n) is 11.2. The number of pyridine rings is 1. The Morgan fingerprint density at radius 2 is 1.94 bits per heavy atom. The van der Waals surface area contributed by atoms with Gasteiger partial charge in [-0.3, -0.25) is 9.78 Å². The molecule has 1 N–H and O–H groups in total. The van der Waals surface area contributed by atoms with E-state index in [-0.39, 0.29) is 11.8 Å². The van der Waals surface area contributed by atoms with Gasteiger partial charge in [0, 0.05) is 36.3 Å². The molecule has 2 heterocycles. The number of fused-ring (bicyclic) bond motifs is 1. The summed E-state index contributed by atoms with van der Waals surface area (Å²) >= 11 is 0. The topological polar surface area (TPSA) is 78.2 Å². The Balaban J connectivity index is 1.50. The average molecular weight is 429 g/mol. The smallest absolute Gasteiger partial charge is 0.227 e. The van der Waals surface area contributed by atoms with Gasteiger partial charge in [0.25, 0.3) is 0 Å². The number of amides is 1. The summed E-state index contributed by atoms with van der Waals surface area (Å²) in [5.41, 5.74) is 4.35. The van der Waals surface area contributed by atoms with Crippen LogP contribution in [0.5, 0.6) is 5.75 Å². The highest BCUT2D eigenvalue weighted by atomic mass is 16.5. The molecule has 1 aromatic heterocycles. The zero-order valence-corrected chi connectivity index (χ0v) is 18.6. The fourth-order valence-electron chi connectivity index (χ4n) is 4.27. The van der Waals surface area contributed by atoms with Gasteiger partial charge in [0.05, 0.1) is 23.4 Å². The molecule has 3 aromatic rings. The van der Waals surface area contributed by atoms with Gasteiger partial charge in [-0.1, -0.05) is 19.1 Å². The van der Waals surface area contributed by atoms with Crippen molar-refractivity contribution in [1.82, 2.24) is 4.98 Å². The third-order valence-electron chi connectivity index (χ3n) is 6.05. The Morgan fingerprint density at radius 1 is 1.19 bits per heavy atom. The van der Waals surface area contributed by atoms with E-state index in [1.54, 1.807) is 6.20 Å². The van der Waals surface area contributed by atoms with Crippen LogP contribution in [0.25, 0.3) is 10.9 Å². The molecule has 164 valence electrons. The second kappa shape index (κ2) is 9.69. The normalized spacial score (nSPS) is 14.2. The highest BCUT2D eigenvalue weighted by molar-refractivity contribution is 5.96. The predicted molar refractivity (Wildman–Crippen MR) is 127 cm³/mol. The van der Waals surface area contributed by atoms with Crippen LogP contribution in [0.1, 0.15) is 37.8 Å². The van der Waals surface area contributed by atoms with Crippen LogP contribution in [0.15, 0.2) is 48.7 Å². The van der Waals surface area contributed by atoms with Crippen LogP contribution in [-0.4, -0.2) is 30.6 Å². The molecule has 1 amide bonds. The van der Waals surface area contributed by atoms with E-state index < -0.39 is 0 Å². The predicted octanol–water partition coefficient (Wildman–Crippen LogP) is 4.92. The van der Waals surface area contributed by atoms with Crippen molar-refractivity contribution in [3.8, 4) is 11.8 Å².